The van der Waals surface area contributed by atoms with Crippen LogP contribution in [0.15, 0.2) is 6.20 Å². The molecule has 1 saturated heterocycles. The minimum Gasteiger partial charge on any atom is -0.314 e. The van der Waals surface area contributed by atoms with E-state index in [0.717, 1.165) is 32.6 Å². The fraction of sp³-hybridized carbons (Fsp3) is 0.750. The van der Waals surface area contributed by atoms with Crippen molar-refractivity contribution in [2.75, 3.05) is 19.6 Å². The molecule has 2 rings (SSSR count). The van der Waals surface area contributed by atoms with Crippen LogP contribution < -0.4 is 5.32 Å². The van der Waals surface area contributed by atoms with Gasteiger partial charge >= 0.3 is 0 Å². The number of thiazole rings is 1. The van der Waals surface area contributed by atoms with Crippen molar-refractivity contribution in [3.05, 3.63) is 16.1 Å². The largest absolute Gasteiger partial charge is 0.314 e. The summed E-state index contributed by atoms with van der Waals surface area (Å²) in [7, 11) is 0. The molecule has 0 aliphatic carbocycles. The van der Waals surface area contributed by atoms with E-state index in [1.165, 1.54) is 16.3 Å². The second-order valence-electron chi connectivity index (χ2n) is 4.31. The van der Waals surface area contributed by atoms with Crippen molar-refractivity contribution in [2.24, 2.45) is 0 Å². The van der Waals surface area contributed by atoms with Crippen molar-refractivity contribution >= 4 is 11.3 Å². The highest BCUT2D eigenvalue weighted by Crippen LogP contribution is 2.18. The number of hydrogen-bond donors (Lipinski definition) is 1. The van der Waals surface area contributed by atoms with Gasteiger partial charge in [-0.3, -0.25) is 4.90 Å². The van der Waals surface area contributed by atoms with Gasteiger partial charge in [-0.15, -0.1) is 11.3 Å². The van der Waals surface area contributed by atoms with Crippen molar-refractivity contribution < 1.29 is 0 Å². The number of rotatable bonds is 4. The van der Waals surface area contributed by atoms with E-state index < -0.39 is 0 Å². The molecule has 1 aliphatic heterocycles. The average Bonchev–Trinajstić information content (AvgIpc) is 2.77. The van der Waals surface area contributed by atoms with Gasteiger partial charge in [-0.25, -0.2) is 4.98 Å². The van der Waals surface area contributed by atoms with Crippen molar-refractivity contribution in [3.8, 4) is 0 Å². The second-order valence-corrected chi connectivity index (χ2v) is 5.51. The number of nitrogens with one attached hydrogen (secondary N) is 1. The van der Waals surface area contributed by atoms with E-state index in [1.54, 1.807) is 0 Å². The lowest BCUT2D eigenvalue weighted by Crippen LogP contribution is -2.50. The molecule has 1 atom stereocenters. The summed E-state index contributed by atoms with van der Waals surface area (Å²) in [4.78, 5) is 8.47. The van der Waals surface area contributed by atoms with Gasteiger partial charge in [0.1, 0.15) is 5.01 Å². The van der Waals surface area contributed by atoms with Gasteiger partial charge in [0, 0.05) is 36.8 Å². The van der Waals surface area contributed by atoms with Gasteiger partial charge in [-0.1, -0.05) is 13.8 Å². The Labute approximate surface area is 102 Å². The first-order valence-corrected chi connectivity index (χ1v) is 7.03. The minimum absolute atomic E-state index is 0.683. The maximum absolute atomic E-state index is 4.51. The minimum atomic E-state index is 0.683. The first kappa shape index (κ1) is 12.0. The Morgan fingerprint density at radius 1 is 1.56 bits per heavy atom. The summed E-state index contributed by atoms with van der Waals surface area (Å²) >= 11 is 1.87. The molecule has 0 aromatic carbocycles. The fourth-order valence-electron chi connectivity index (χ4n) is 2.17. The van der Waals surface area contributed by atoms with Crippen LogP contribution in [0.5, 0.6) is 0 Å². The summed E-state index contributed by atoms with van der Waals surface area (Å²) in [6.07, 6.45) is 4.36. The number of nitrogens with zero attached hydrogens (tertiary/aromatic N) is 2. The predicted molar refractivity (Wildman–Crippen MR) is 68.9 cm³/mol. The zero-order chi connectivity index (χ0) is 11.4. The summed E-state index contributed by atoms with van der Waals surface area (Å²) in [5, 5.41) is 4.73. The van der Waals surface area contributed by atoms with E-state index in [1.807, 2.05) is 17.5 Å². The Morgan fingerprint density at radius 2 is 2.44 bits per heavy atom. The van der Waals surface area contributed by atoms with Gasteiger partial charge in [0.15, 0.2) is 0 Å². The summed E-state index contributed by atoms with van der Waals surface area (Å²) in [5.41, 5.74) is 0. The molecule has 0 saturated carbocycles. The zero-order valence-corrected chi connectivity index (χ0v) is 11.0. The second kappa shape index (κ2) is 5.75. The Morgan fingerprint density at radius 3 is 3.12 bits per heavy atom. The van der Waals surface area contributed by atoms with Gasteiger partial charge in [0.05, 0.1) is 6.54 Å². The third-order valence-corrected chi connectivity index (χ3v) is 4.36. The van der Waals surface area contributed by atoms with Crippen LogP contribution >= 0.6 is 11.3 Å². The molecule has 0 spiro atoms. The smallest absolute Gasteiger partial charge is 0.107 e. The van der Waals surface area contributed by atoms with E-state index in [-0.39, 0.29) is 0 Å². The molecular weight excluding hydrogens is 218 g/mol. The van der Waals surface area contributed by atoms with Crippen LogP contribution in [-0.4, -0.2) is 35.6 Å². The zero-order valence-electron chi connectivity index (χ0n) is 10.2. The van der Waals surface area contributed by atoms with Gasteiger partial charge in [-0.2, -0.15) is 0 Å². The fourth-order valence-corrected chi connectivity index (χ4v) is 3.06. The van der Waals surface area contributed by atoms with E-state index in [0.29, 0.717) is 6.04 Å². The Kier molecular flexibility index (Phi) is 4.32. The molecule has 1 unspecified atom stereocenters. The van der Waals surface area contributed by atoms with Crippen LogP contribution in [0.2, 0.25) is 0 Å². The van der Waals surface area contributed by atoms with Gasteiger partial charge in [0.2, 0.25) is 0 Å². The molecule has 1 aliphatic rings. The van der Waals surface area contributed by atoms with Crippen molar-refractivity contribution in [1.82, 2.24) is 15.2 Å². The molecule has 0 bridgehead atoms. The maximum atomic E-state index is 4.51. The van der Waals surface area contributed by atoms with Crippen LogP contribution in [0.25, 0.3) is 0 Å². The highest BCUT2D eigenvalue weighted by atomic mass is 32.1. The highest BCUT2D eigenvalue weighted by molar-refractivity contribution is 7.11. The van der Waals surface area contributed by atoms with E-state index in [2.05, 4.69) is 29.0 Å². The van der Waals surface area contributed by atoms with Gasteiger partial charge in [-0.05, 0) is 12.8 Å². The lowest BCUT2D eigenvalue weighted by Gasteiger charge is -2.35. The monoisotopic (exact) mass is 239 g/mol. The molecule has 0 amide bonds. The van der Waals surface area contributed by atoms with E-state index in [4.69, 9.17) is 0 Å². The molecule has 2 heterocycles. The van der Waals surface area contributed by atoms with Gasteiger partial charge in [0.25, 0.3) is 0 Å². The van der Waals surface area contributed by atoms with Crippen LogP contribution in [0.4, 0.5) is 0 Å². The Bertz CT molecular complexity index is 324. The molecule has 0 radical (unpaired) electrons. The standard InChI is InChI=1S/C12H21N3S/c1-3-10-7-13-5-6-15(10)9-12-14-8-11(4-2)16-12/h8,10,13H,3-7,9H2,1-2H3. The number of hydrogen-bond acceptors (Lipinski definition) is 4. The predicted octanol–water partition coefficient (Wildman–Crippen LogP) is 1.89. The molecule has 16 heavy (non-hydrogen) atoms. The van der Waals surface area contributed by atoms with Crippen LogP contribution in [0.3, 0.4) is 0 Å². The SMILES string of the molecule is CCc1cnc(CN2CCNCC2CC)s1. The molecule has 1 aromatic heterocycles. The highest BCUT2D eigenvalue weighted by Gasteiger charge is 2.21. The van der Waals surface area contributed by atoms with Crippen molar-refractivity contribution in [2.45, 2.75) is 39.3 Å². The Balaban J connectivity index is 1.96. The number of aromatic nitrogens is 1. The lowest BCUT2D eigenvalue weighted by molar-refractivity contribution is 0.149. The quantitative estimate of drug-likeness (QED) is 0.869. The molecule has 90 valence electrons. The number of piperazine rings is 1. The van der Waals surface area contributed by atoms with Crippen LogP contribution in [-0.2, 0) is 13.0 Å². The van der Waals surface area contributed by atoms with Crippen molar-refractivity contribution in [3.63, 3.8) is 0 Å². The number of aryl methyl sites for hydroxylation is 1. The molecule has 3 nitrogen and oxygen atoms in total. The summed E-state index contributed by atoms with van der Waals surface area (Å²) < 4.78 is 0. The summed E-state index contributed by atoms with van der Waals surface area (Å²) in [6, 6.07) is 0.683. The molecule has 1 fully saturated rings. The van der Waals surface area contributed by atoms with E-state index >= 15 is 0 Å². The molecule has 1 aromatic rings. The molecule has 1 N–H and O–H groups in total. The molecular formula is C12H21N3S. The van der Waals surface area contributed by atoms with Crippen LogP contribution in [0, 0.1) is 0 Å². The average molecular weight is 239 g/mol. The first-order chi connectivity index (χ1) is 7.83. The Hall–Kier alpha value is -0.450. The van der Waals surface area contributed by atoms with Crippen LogP contribution in [0.1, 0.15) is 30.2 Å². The third-order valence-electron chi connectivity index (χ3n) is 3.23. The normalized spacial score (nSPS) is 22.5. The van der Waals surface area contributed by atoms with Crippen molar-refractivity contribution in [1.29, 1.82) is 0 Å². The van der Waals surface area contributed by atoms with E-state index in [9.17, 15) is 0 Å². The topological polar surface area (TPSA) is 28.2 Å². The summed E-state index contributed by atoms with van der Waals surface area (Å²) in [5.74, 6) is 0. The molecule has 4 heteroatoms. The lowest BCUT2D eigenvalue weighted by atomic mass is 10.1. The first-order valence-electron chi connectivity index (χ1n) is 6.21. The maximum Gasteiger partial charge on any atom is 0.107 e. The summed E-state index contributed by atoms with van der Waals surface area (Å²) in [6.45, 7) is 8.89. The van der Waals surface area contributed by atoms with Gasteiger partial charge < -0.3 is 5.32 Å². The third kappa shape index (κ3) is 2.81.